The molecule has 10 heteroatoms. The highest BCUT2D eigenvalue weighted by Crippen LogP contribution is 2.07. The molecule has 0 saturated heterocycles. The number of nitrogens with zero attached hydrogens (tertiary/aromatic N) is 5. The van der Waals surface area contributed by atoms with Gasteiger partial charge in [-0.3, -0.25) is 19.5 Å². The molecule has 0 radical (unpaired) electrons. The van der Waals surface area contributed by atoms with E-state index in [4.69, 9.17) is 15.9 Å². The normalized spacial score (nSPS) is 10.1. The molecule has 0 aromatic carbocycles. The van der Waals surface area contributed by atoms with Crippen LogP contribution in [0.1, 0.15) is 12.8 Å². The van der Waals surface area contributed by atoms with Crippen molar-refractivity contribution in [3.05, 3.63) is 34.9 Å². The van der Waals surface area contributed by atoms with Crippen LogP contribution in [0, 0.1) is 10.1 Å². The first kappa shape index (κ1) is 17.6. The number of rotatable bonds is 7. The summed E-state index contributed by atoms with van der Waals surface area (Å²) in [5.41, 5.74) is 6.05. The number of hydrogen-bond acceptors (Lipinski definition) is 7. The van der Waals surface area contributed by atoms with E-state index in [9.17, 15) is 10.1 Å². The Morgan fingerprint density at radius 1 is 1.09 bits per heavy atom. The van der Waals surface area contributed by atoms with Crippen molar-refractivity contribution >= 4 is 11.4 Å². The Hall–Kier alpha value is -2.46. The summed E-state index contributed by atoms with van der Waals surface area (Å²) in [7, 11) is 0. The van der Waals surface area contributed by atoms with E-state index in [2.05, 4.69) is 10.2 Å². The lowest BCUT2D eigenvalue weighted by Gasteiger charge is -1.95. The average molecular weight is 312 g/mol. The van der Waals surface area contributed by atoms with Crippen molar-refractivity contribution in [2.24, 2.45) is 0 Å². The number of anilines is 1. The van der Waals surface area contributed by atoms with Gasteiger partial charge in [0.25, 0.3) is 0 Å². The first-order valence-electron chi connectivity index (χ1n) is 6.73. The first-order valence-corrected chi connectivity index (χ1v) is 6.73. The molecule has 122 valence electrons. The highest BCUT2D eigenvalue weighted by Gasteiger charge is 2.07. The van der Waals surface area contributed by atoms with Gasteiger partial charge in [0.05, 0.1) is 16.8 Å². The average Bonchev–Trinajstić information content (AvgIpc) is 3.12. The van der Waals surface area contributed by atoms with E-state index in [1.807, 2.05) is 0 Å². The molecule has 0 aliphatic carbocycles. The summed E-state index contributed by atoms with van der Waals surface area (Å²) in [5, 5.41) is 34.8. The number of nitro groups is 1. The van der Waals surface area contributed by atoms with Gasteiger partial charge in [0.1, 0.15) is 12.4 Å². The molecule has 0 spiro atoms. The van der Waals surface area contributed by atoms with Crippen LogP contribution in [-0.2, 0) is 13.1 Å². The van der Waals surface area contributed by atoms with Crippen LogP contribution >= 0.6 is 0 Å². The minimum Gasteiger partial charge on any atom is -0.396 e. The molecule has 0 amide bonds. The van der Waals surface area contributed by atoms with Crippen LogP contribution in [0.15, 0.2) is 24.8 Å². The van der Waals surface area contributed by atoms with Gasteiger partial charge in [0.2, 0.25) is 0 Å². The molecule has 2 aromatic heterocycles. The van der Waals surface area contributed by atoms with Gasteiger partial charge in [0, 0.05) is 32.5 Å². The summed E-state index contributed by atoms with van der Waals surface area (Å²) in [6.07, 6.45) is 7.15. The van der Waals surface area contributed by atoms with Crippen LogP contribution in [0.4, 0.5) is 11.4 Å². The second kappa shape index (κ2) is 9.47. The van der Waals surface area contributed by atoms with Gasteiger partial charge < -0.3 is 15.9 Å². The summed E-state index contributed by atoms with van der Waals surface area (Å²) >= 11 is 0. The van der Waals surface area contributed by atoms with Crippen molar-refractivity contribution in [1.29, 1.82) is 0 Å². The van der Waals surface area contributed by atoms with Gasteiger partial charge in [-0.1, -0.05) is 0 Å². The van der Waals surface area contributed by atoms with Gasteiger partial charge >= 0.3 is 5.69 Å². The lowest BCUT2D eigenvalue weighted by molar-refractivity contribution is -0.385. The molecule has 0 atom stereocenters. The number of aliphatic hydroxyl groups is 2. The van der Waals surface area contributed by atoms with Gasteiger partial charge in [-0.05, 0) is 12.8 Å². The molecule has 2 heterocycles. The van der Waals surface area contributed by atoms with Crippen molar-refractivity contribution in [1.82, 2.24) is 19.6 Å². The van der Waals surface area contributed by atoms with Gasteiger partial charge in [-0.15, -0.1) is 0 Å². The zero-order valence-corrected chi connectivity index (χ0v) is 12.1. The molecular weight excluding hydrogens is 292 g/mol. The Labute approximate surface area is 126 Å². The Morgan fingerprint density at radius 2 is 1.64 bits per heavy atom. The Bertz CT molecular complexity index is 567. The lowest BCUT2D eigenvalue weighted by atomic mass is 10.4. The highest BCUT2D eigenvalue weighted by atomic mass is 16.6. The molecule has 10 nitrogen and oxygen atoms in total. The van der Waals surface area contributed by atoms with Crippen molar-refractivity contribution in [3.8, 4) is 0 Å². The largest absolute Gasteiger partial charge is 0.396 e. The zero-order chi connectivity index (χ0) is 16.4. The Morgan fingerprint density at radius 3 is 2.05 bits per heavy atom. The second-order valence-electron chi connectivity index (χ2n) is 4.41. The monoisotopic (exact) mass is 312 g/mol. The van der Waals surface area contributed by atoms with Crippen molar-refractivity contribution in [3.63, 3.8) is 0 Å². The second-order valence-corrected chi connectivity index (χ2v) is 4.41. The number of hydrogen-bond donors (Lipinski definition) is 3. The third-order valence-electron chi connectivity index (χ3n) is 2.57. The zero-order valence-electron chi connectivity index (χ0n) is 12.1. The first-order chi connectivity index (χ1) is 10.6. The minimum atomic E-state index is -0.498. The highest BCUT2D eigenvalue weighted by molar-refractivity contribution is 5.30. The molecule has 0 unspecified atom stereocenters. The molecule has 4 N–H and O–H groups in total. The van der Waals surface area contributed by atoms with Gasteiger partial charge in [-0.25, -0.2) is 0 Å². The molecule has 2 rings (SSSR count). The van der Waals surface area contributed by atoms with Crippen LogP contribution in [0.2, 0.25) is 0 Å². The maximum atomic E-state index is 10.2. The number of nitrogens with two attached hydrogens (primary N) is 1. The molecule has 0 aliphatic heterocycles. The Balaban J connectivity index is 0.000000224. The minimum absolute atomic E-state index is 0.0204. The fourth-order valence-corrected chi connectivity index (χ4v) is 1.54. The molecule has 0 saturated carbocycles. The standard InChI is InChI=1S/C6H9N3O3.C6H11N3O/c10-3-1-2-8-5-6(4-7-8)9(11)12;7-6-4-8-9(5-6)2-1-3-10/h4-5,10H,1-3H2;4-5,10H,1-3,7H2. The van der Waals surface area contributed by atoms with Gasteiger partial charge in [-0.2, -0.15) is 10.2 Å². The Kier molecular flexibility index (Phi) is 7.57. The maximum absolute atomic E-state index is 10.2. The van der Waals surface area contributed by atoms with Crippen LogP contribution in [0.3, 0.4) is 0 Å². The maximum Gasteiger partial charge on any atom is 0.306 e. The summed E-state index contributed by atoms with van der Waals surface area (Å²) in [4.78, 5) is 9.69. The third kappa shape index (κ3) is 6.33. The topological polar surface area (TPSA) is 145 Å². The number of nitrogen functional groups attached to an aromatic ring is 1. The van der Waals surface area contributed by atoms with Crippen LogP contribution in [0.5, 0.6) is 0 Å². The van der Waals surface area contributed by atoms with Crippen LogP contribution < -0.4 is 5.73 Å². The van der Waals surface area contributed by atoms with E-state index in [1.165, 1.54) is 17.1 Å². The van der Waals surface area contributed by atoms with Crippen LogP contribution in [-0.4, -0.2) is 47.9 Å². The summed E-state index contributed by atoms with van der Waals surface area (Å²) in [6, 6.07) is 0. The SMILES string of the molecule is Nc1cnn(CCCO)c1.O=[N+]([O-])c1cnn(CCCO)c1. The van der Waals surface area contributed by atoms with E-state index >= 15 is 0 Å². The quantitative estimate of drug-likeness (QED) is 0.482. The van der Waals surface area contributed by atoms with Crippen molar-refractivity contribution < 1.29 is 15.1 Å². The van der Waals surface area contributed by atoms with Crippen LogP contribution in [0.25, 0.3) is 0 Å². The summed E-state index contributed by atoms with van der Waals surface area (Å²) in [5.74, 6) is 0. The van der Waals surface area contributed by atoms with E-state index in [0.717, 1.165) is 13.0 Å². The third-order valence-corrected chi connectivity index (χ3v) is 2.57. The number of aromatic nitrogens is 4. The predicted octanol–water partition coefficient (Wildman–Crippen LogP) is 0.0214. The molecule has 0 fully saturated rings. The van der Waals surface area contributed by atoms with Gasteiger partial charge in [0.15, 0.2) is 0 Å². The summed E-state index contributed by atoms with van der Waals surface area (Å²) in [6.45, 7) is 1.49. The molecular formula is C12H20N6O4. The summed E-state index contributed by atoms with van der Waals surface area (Å²) < 4.78 is 3.15. The van der Waals surface area contributed by atoms with E-state index in [1.54, 1.807) is 17.1 Å². The molecule has 22 heavy (non-hydrogen) atoms. The van der Waals surface area contributed by atoms with E-state index in [-0.39, 0.29) is 18.9 Å². The smallest absolute Gasteiger partial charge is 0.306 e. The lowest BCUT2D eigenvalue weighted by Crippen LogP contribution is -1.99. The number of aryl methyl sites for hydroxylation is 2. The molecule has 0 bridgehead atoms. The van der Waals surface area contributed by atoms with E-state index < -0.39 is 4.92 Å². The van der Waals surface area contributed by atoms with Crippen molar-refractivity contribution in [2.45, 2.75) is 25.9 Å². The predicted molar refractivity (Wildman–Crippen MR) is 78.9 cm³/mol. The number of aliphatic hydroxyl groups excluding tert-OH is 2. The fraction of sp³-hybridized carbons (Fsp3) is 0.500. The molecule has 0 aliphatic rings. The fourth-order valence-electron chi connectivity index (χ4n) is 1.54. The van der Waals surface area contributed by atoms with E-state index in [0.29, 0.717) is 18.7 Å². The van der Waals surface area contributed by atoms with Crippen molar-refractivity contribution in [2.75, 3.05) is 18.9 Å². The molecule has 2 aromatic rings.